The van der Waals surface area contributed by atoms with Crippen LogP contribution in [0.5, 0.6) is 0 Å². The molecule has 0 amide bonds. The first-order valence-electron chi connectivity index (χ1n) is 7.69. The third-order valence-electron chi connectivity index (χ3n) is 4.47. The van der Waals surface area contributed by atoms with Crippen LogP contribution >= 0.6 is 15.9 Å². The smallest absolute Gasteiger partial charge is 0.202 e. The lowest BCUT2D eigenvalue weighted by atomic mass is 9.99. The second-order valence-corrected chi connectivity index (χ2v) is 7.09. The van der Waals surface area contributed by atoms with Crippen molar-refractivity contribution in [2.75, 3.05) is 20.6 Å². The molecule has 2 heterocycles. The summed E-state index contributed by atoms with van der Waals surface area (Å²) in [6.45, 7) is 0.917. The van der Waals surface area contributed by atoms with Gasteiger partial charge in [-0.3, -0.25) is 4.79 Å². The summed E-state index contributed by atoms with van der Waals surface area (Å²) in [5, 5.41) is 3.43. The first-order valence-corrected chi connectivity index (χ1v) is 8.48. The van der Waals surface area contributed by atoms with Crippen LogP contribution in [-0.4, -0.2) is 35.7 Å². The lowest BCUT2D eigenvalue weighted by molar-refractivity contribution is 0.104. The Balaban J connectivity index is 2.09. The van der Waals surface area contributed by atoms with Gasteiger partial charge in [-0.05, 0) is 54.2 Å². The Morgan fingerprint density at radius 2 is 1.96 bits per heavy atom. The number of carbonyl (C=O) groups excluding carboxylic acids is 1. The van der Waals surface area contributed by atoms with Crippen molar-refractivity contribution in [2.24, 2.45) is 0 Å². The topological polar surface area (TPSA) is 24.7 Å². The highest BCUT2D eigenvalue weighted by Gasteiger charge is 2.25. The number of Topliss-reactive ketones (excluding diaryl/α,β-unsaturated/α-hetero) is 1. The molecule has 0 bridgehead atoms. The summed E-state index contributed by atoms with van der Waals surface area (Å²) in [4.78, 5) is 14.9. The van der Waals surface area contributed by atoms with Crippen LogP contribution in [0.2, 0.25) is 0 Å². The number of hydrogen-bond acceptors (Lipinski definition) is 2. The fourth-order valence-corrected chi connectivity index (χ4v) is 3.72. The summed E-state index contributed by atoms with van der Waals surface area (Å²) in [6, 6.07) is 8.38. The molecule has 0 saturated heterocycles. The Morgan fingerprint density at radius 3 is 2.74 bits per heavy atom. The maximum absolute atomic E-state index is 12.7. The van der Waals surface area contributed by atoms with E-state index in [0.29, 0.717) is 4.48 Å². The lowest BCUT2D eigenvalue weighted by Gasteiger charge is -2.11. The summed E-state index contributed by atoms with van der Waals surface area (Å²) < 4.78 is 2.81. The van der Waals surface area contributed by atoms with E-state index in [9.17, 15) is 4.79 Å². The zero-order valence-electron chi connectivity index (χ0n) is 13.1. The minimum absolute atomic E-state index is 0.0871. The zero-order valence-corrected chi connectivity index (χ0v) is 14.7. The van der Waals surface area contributed by atoms with Crippen LogP contribution in [0.1, 0.15) is 15.9 Å². The number of hydrogen-bond donors (Lipinski definition) is 0. The zero-order chi connectivity index (χ0) is 16.1. The molecule has 2 aromatic heterocycles. The molecule has 23 heavy (non-hydrogen) atoms. The van der Waals surface area contributed by atoms with Gasteiger partial charge in [0.25, 0.3) is 0 Å². The van der Waals surface area contributed by atoms with Gasteiger partial charge in [-0.15, -0.1) is 0 Å². The summed E-state index contributed by atoms with van der Waals surface area (Å²) in [7, 11) is 4.12. The fourth-order valence-electron chi connectivity index (χ4n) is 3.39. The van der Waals surface area contributed by atoms with Crippen LogP contribution < -0.4 is 5.35 Å². The highest BCUT2D eigenvalue weighted by atomic mass is 79.9. The number of allylic oxidation sites excluding steroid dienone is 2. The molecule has 0 saturated carbocycles. The molecule has 0 N–H and O–H groups in total. The maximum atomic E-state index is 12.7. The number of likely N-dealkylation sites (N-methyl/N-ethyl adjacent to an activating group) is 1. The number of fused-ring (bicyclic) bond motifs is 5. The van der Waals surface area contributed by atoms with E-state index in [4.69, 9.17) is 0 Å². The Morgan fingerprint density at radius 1 is 1.17 bits per heavy atom. The Kier molecular flexibility index (Phi) is 3.39. The summed E-state index contributed by atoms with van der Waals surface area (Å²) >= 11 is 3.39. The minimum Gasteiger partial charge on any atom is -0.315 e. The summed E-state index contributed by atoms with van der Waals surface area (Å²) in [5.74, 6) is 0.0871. The lowest BCUT2D eigenvalue weighted by Crippen LogP contribution is -2.22. The minimum atomic E-state index is 0.0871. The Labute approximate surface area is 143 Å². The largest absolute Gasteiger partial charge is 0.315 e. The van der Waals surface area contributed by atoms with Crippen molar-refractivity contribution < 1.29 is 4.79 Å². The molecular formula is C19H17BrN2O. The molecule has 3 nitrogen and oxygen atoms in total. The second-order valence-electron chi connectivity index (χ2n) is 6.24. The molecule has 3 aromatic rings. The molecule has 0 aliphatic heterocycles. The number of halogens is 1. The highest BCUT2D eigenvalue weighted by molar-refractivity contribution is 9.12. The molecule has 0 radical (unpaired) electrons. The number of nitrogens with zero attached hydrogens (tertiary/aromatic N) is 2. The number of ketones is 1. The second kappa shape index (κ2) is 5.32. The van der Waals surface area contributed by atoms with Crippen molar-refractivity contribution in [1.82, 2.24) is 9.30 Å². The predicted molar refractivity (Wildman–Crippen MR) is 98.2 cm³/mol. The Hall–Kier alpha value is -1.91. The van der Waals surface area contributed by atoms with Gasteiger partial charge in [0.1, 0.15) is 0 Å². The molecule has 4 rings (SSSR count). The normalized spacial score (nSPS) is 14.4. The van der Waals surface area contributed by atoms with Crippen molar-refractivity contribution in [2.45, 2.75) is 6.42 Å². The van der Waals surface area contributed by atoms with Gasteiger partial charge in [0.05, 0.1) is 20.9 Å². The van der Waals surface area contributed by atoms with E-state index in [-0.39, 0.29) is 5.78 Å². The van der Waals surface area contributed by atoms with E-state index < -0.39 is 0 Å². The van der Waals surface area contributed by atoms with Crippen molar-refractivity contribution >= 4 is 44.1 Å². The molecule has 0 fully saturated rings. The van der Waals surface area contributed by atoms with Crippen molar-refractivity contribution in [3.8, 4) is 0 Å². The molecule has 1 aromatic carbocycles. The SMILES string of the molecule is CN(C)CCc1c2c(n3cc4ccccc4c13)=CC=C(Br)C2=O. The van der Waals surface area contributed by atoms with Gasteiger partial charge in [-0.25, -0.2) is 0 Å². The van der Waals surface area contributed by atoms with Gasteiger partial charge in [0.15, 0.2) is 0 Å². The quantitative estimate of drug-likeness (QED) is 0.709. The Bertz CT molecular complexity index is 1030. The van der Waals surface area contributed by atoms with Crippen molar-refractivity contribution in [1.29, 1.82) is 0 Å². The number of rotatable bonds is 3. The predicted octanol–water partition coefficient (Wildman–Crippen LogP) is 3.17. The summed E-state index contributed by atoms with van der Waals surface area (Å²) in [6.07, 6.45) is 6.88. The first kappa shape index (κ1) is 14.7. The molecule has 0 atom stereocenters. The standard InChI is InChI=1S/C19H17BrN2O/c1-21(2)10-9-14-17-16(8-7-15(20)19(17)23)22-11-12-5-3-4-6-13(12)18(14)22/h3-8,11H,9-10H2,1-2H3. The monoisotopic (exact) mass is 368 g/mol. The van der Waals surface area contributed by atoms with E-state index in [1.807, 2.05) is 12.2 Å². The van der Waals surface area contributed by atoms with Crippen molar-refractivity contribution in [3.05, 3.63) is 57.5 Å². The molecule has 1 aliphatic carbocycles. The molecule has 116 valence electrons. The van der Waals surface area contributed by atoms with E-state index >= 15 is 0 Å². The average molecular weight is 369 g/mol. The average Bonchev–Trinajstić information content (AvgIpc) is 3.04. The van der Waals surface area contributed by atoms with E-state index in [0.717, 1.165) is 29.4 Å². The van der Waals surface area contributed by atoms with Crippen LogP contribution in [-0.2, 0) is 6.42 Å². The first-order chi connectivity index (χ1) is 11.1. The van der Waals surface area contributed by atoms with Gasteiger partial charge in [-0.2, -0.15) is 0 Å². The van der Waals surface area contributed by atoms with Crippen LogP contribution in [0.25, 0.3) is 22.4 Å². The third-order valence-corrected chi connectivity index (χ3v) is 5.09. The van der Waals surface area contributed by atoms with Gasteiger partial charge >= 0.3 is 0 Å². The molecule has 0 spiro atoms. The van der Waals surface area contributed by atoms with Gasteiger partial charge in [0.2, 0.25) is 5.78 Å². The molecule has 1 aliphatic rings. The third kappa shape index (κ3) is 2.17. The van der Waals surface area contributed by atoms with Gasteiger partial charge < -0.3 is 9.30 Å². The molecule has 0 unspecified atom stereocenters. The number of benzene rings is 1. The van der Waals surface area contributed by atoms with Crippen molar-refractivity contribution in [3.63, 3.8) is 0 Å². The van der Waals surface area contributed by atoms with Gasteiger partial charge in [0, 0.05) is 23.5 Å². The van der Waals surface area contributed by atoms with Crippen LogP contribution in [0.15, 0.2) is 41.0 Å². The highest BCUT2D eigenvalue weighted by Crippen LogP contribution is 2.30. The van der Waals surface area contributed by atoms with Crippen LogP contribution in [0, 0.1) is 0 Å². The van der Waals surface area contributed by atoms with E-state index in [2.05, 4.69) is 69.8 Å². The fraction of sp³-hybridized carbons (Fsp3) is 0.211. The number of aromatic nitrogens is 1. The van der Waals surface area contributed by atoms with Crippen LogP contribution in [0.3, 0.4) is 0 Å². The summed E-state index contributed by atoms with van der Waals surface area (Å²) in [5.41, 5.74) is 3.18. The van der Waals surface area contributed by atoms with E-state index in [1.54, 1.807) is 0 Å². The van der Waals surface area contributed by atoms with Crippen LogP contribution in [0.4, 0.5) is 0 Å². The van der Waals surface area contributed by atoms with Gasteiger partial charge in [-0.1, -0.05) is 24.3 Å². The molecular weight excluding hydrogens is 352 g/mol. The maximum Gasteiger partial charge on any atom is 0.202 e. The molecule has 4 heteroatoms. The van der Waals surface area contributed by atoms with E-state index in [1.165, 1.54) is 16.3 Å². The number of carbonyl (C=O) groups is 1.